The summed E-state index contributed by atoms with van der Waals surface area (Å²) in [4.78, 5) is 25.9. The standard InChI is InChI=1S/C16H18N2O6S/c1-17-7-3-4-11-12-8-10(25(21,22)23)5-6-13(12)18(9-14(19)24-2)15(11)16(17)20/h5-6,8H,3-4,7,9H2,1-2H3,(H,21,22,23). The van der Waals surface area contributed by atoms with Crippen LogP contribution in [0.3, 0.4) is 0 Å². The molecule has 1 aromatic carbocycles. The van der Waals surface area contributed by atoms with E-state index in [1.165, 1.54) is 25.3 Å². The number of aryl methyl sites for hydroxylation is 1. The monoisotopic (exact) mass is 366 g/mol. The molecule has 0 bridgehead atoms. The summed E-state index contributed by atoms with van der Waals surface area (Å²) in [5.74, 6) is -0.751. The molecule has 0 saturated carbocycles. The number of hydrogen-bond acceptors (Lipinski definition) is 5. The highest BCUT2D eigenvalue weighted by atomic mass is 32.2. The molecule has 0 radical (unpaired) electrons. The van der Waals surface area contributed by atoms with Crippen molar-refractivity contribution in [2.24, 2.45) is 0 Å². The Hall–Kier alpha value is -2.39. The first-order valence-electron chi connectivity index (χ1n) is 7.69. The fourth-order valence-corrected chi connectivity index (χ4v) is 3.70. The van der Waals surface area contributed by atoms with E-state index in [0.29, 0.717) is 41.5 Å². The largest absolute Gasteiger partial charge is 0.468 e. The molecule has 2 aromatic rings. The summed E-state index contributed by atoms with van der Waals surface area (Å²) in [5.41, 5.74) is 1.58. The zero-order chi connectivity index (χ0) is 18.4. The Labute approximate surface area is 144 Å². The minimum Gasteiger partial charge on any atom is -0.468 e. The number of fused-ring (bicyclic) bond motifs is 3. The Morgan fingerprint density at radius 1 is 1.36 bits per heavy atom. The van der Waals surface area contributed by atoms with E-state index in [-0.39, 0.29) is 17.3 Å². The van der Waals surface area contributed by atoms with Crippen LogP contribution < -0.4 is 0 Å². The van der Waals surface area contributed by atoms with Gasteiger partial charge in [0.25, 0.3) is 16.0 Å². The van der Waals surface area contributed by atoms with Crippen LogP contribution in [0.15, 0.2) is 23.1 Å². The van der Waals surface area contributed by atoms with Crippen molar-refractivity contribution in [3.63, 3.8) is 0 Å². The molecule has 1 amide bonds. The van der Waals surface area contributed by atoms with E-state index in [1.807, 2.05) is 0 Å². The van der Waals surface area contributed by atoms with Crippen molar-refractivity contribution in [2.75, 3.05) is 20.7 Å². The van der Waals surface area contributed by atoms with Crippen molar-refractivity contribution in [3.8, 4) is 0 Å². The molecule has 0 fully saturated rings. The second-order valence-electron chi connectivity index (χ2n) is 5.97. The number of hydrogen-bond donors (Lipinski definition) is 1. The van der Waals surface area contributed by atoms with Gasteiger partial charge in [-0.15, -0.1) is 0 Å². The number of nitrogens with zero attached hydrogens (tertiary/aromatic N) is 2. The molecule has 0 saturated heterocycles. The zero-order valence-electron chi connectivity index (χ0n) is 13.9. The molecule has 1 aliphatic rings. The van der Waals surface area contributed by atoms with Gasteiger partial charge in [-0.25, -0.2) is 0 Å². The molecule has 1 aromatic heterocycles. The summed E-state index contributed by atoms with van der Waals surface area (Å²) in [7, 11) is -1.43. The number of ether oxygens (including phenoxy) is 1. The highest BCUT2D eigenvalue weighted by molar-refractivity contribution is 7.85. The lowest BCUT2D eigenvalue weighted by molar-refractivity contribution is -0.141. The van der Waals surface area contributed by atoms with E-state index < -0.39 is 16.1 Å². The smallest absolute Gasteiger partial charge is 0.325 e. The normalized spacial score (nSPS) is 15.2. The van der Waals surface area contributed by atoms with Crippen molar-refractivity contribution < 1.29 is 27.3 Å². The SMILES string of the molecule is COC(=O)Cn1c2c(c3cc(S(=O)(=O)O)ccc31)CCCN(C)C2=O. The van der Waals surface area contributed by atoms with Crippen molar-refractivity contribution in [2.45, 2.75) is 24.3 Å². The van der Waals surface area contributed by atoms with Gasteiger partial charge in [0.1, 0.15) is 12.2 Å². The molecule has 25 heavy (non-hydrogen) atoms. The summed E-state index contributed by atoms with van der Waals surface area (Å²) in [6.07, 6.45) is 1.27. The lowest BCUT2D eigenvalue weighted by atomic mass is 10.1. The topological polar surface area (TPSA) is 106 Å². The van der Waals surface area contributed by atoms with Crippen LogP contribution in [-0.2, 0) is 32.6 Å². The Balaban J connectivity index is 2.33. The fraction of sp³-hybridized carbons (Fsp3) is 0.375. The van der Waals surface area contributed by atoms with Gasteiger partial charge in [0.05, 0.1) is 12.0 Å². The van der Waals surface area contributed by atoms with Gasteiger partial charge in [-0.3, -0.25) is 14.1 Å². The number of aromatic nitrogens is 1. The molecule has 0 spiro atoms. The summed E-state index contributed by atoms with van der Waals surface area (Å²) < 4.78 is 38.5. The van der Waals surface area contributed by atoms with Crippen LogP contribution in [0.2, 0.25) is 0 Å². The number of carbonyl (C=O) groups excluding carboxylic acids is 2. The first-order valence-corrected chi connectivity index (χ1v) is 9.13. The van der Waals surface area contributed by atoms with Crippen LogP contribution in [0.5, 0.6) is 0 Å². The Bertz CT molecular complexity index is 976. The summed E-state index contributed by atoms with van der Waals surface area (Å²) in [5, 5.41) is 0.540. The third kappa shape index (κ3) is 3.00. The predicted molar refractivity (Wildman–Crippen MR) is 89.1 cm³/mol. The van der Waals surface area contributed by atoms with Gasteiger partial charge < -0.3 is 14.2 Å². The van der Waals surface area contributed by atoms with Crippen LogP contribution in [0.1, 0.15) is 22.5 Å². The van der Waals surface area contributed by atoms with Gasteiger partial charge in [0, 0.05) is 24.5 Å². The van der Waals surface area contributed by atoms with Crippen molar-refractivity contribution in [3.05, 3.63) is 29.5 Å². The van der Waals surface area contributed by atoms with Crippen molar-refractivity contribution in [1.82, 2.24) is 9.47 Å². The van der Waals surface area contributed by atoms with E-state index in [1.54, 1.807) is 16.5 Å². The Kier molecular flexibility index (Phi) is 4.29. The zero-order valence-corrected chi connectivity index (χ0v) is 14.7. The summed E-state index contributed by atoms with van der Waals surface area (Å²) in [6.45, 7) is 0.401. The number of esters is 1. The van der Waals surface area contributed by atoms with Crippen molar-refractivity contribution in [1.29, 1.82) is 0 Å². The van der Waals surface area contributed by atoms with Crippen molar-refractivity contribution >= 4 is 32.9 Å². The van der Waals surface area contributed by atoms with Gasteiger partial charge in [-0.05, 0) is 36.6 Å². The molecule has 1 aliphatic heterocycles. The average Bonchev–Trinajstić information content (AvgIpc) is 2.77. The second-order valence-corrected chi connectivity index (χ2v) is 7.40. The quantitative estimate of drug-likeness (QED) is 0.644. The van der Waals surface area contributed by atoms with E-state index >= 15 is 0 Å². The molecule has 3 rings (SSSR count). The minimum atomic E-state index is -4.37. The molecule has 8 nitrogen and oxygen atoms in total. The number of benzene rings is 1. The van der Waals surface area contributed by atoms with Crippen LogP contribution >= 0.6 is 0 Å². The molecule has 9 heteroatoms. The minimum absolute atomic E-state index is 0.160. The lowest BCUT2D eigenvalue weighted by Gasteiger charge is -2.16. The highest BCUT2D eigenvalue weighted by Crippen LogP contribution is 2.32. The number of amides is 1. The summed E-state index contributed by atoms with van der Waals surface area (Å²) in [6, 6.07) is 4.08. The molecule has 2 heterocycles. The maximum atomic E-state index is 12.8. The van der Waals surface area contributed by atoms with Crippen LogP contribution in [0, 0.1) is 0 Å². The van der Waals surface area contributed by atoms with Crippen LogP contribution in [0.4, 0.5) is 0 Å². The first kappa shape index (κ1) is 17.4. The van der Waals surface area contributed by atoms with Crippen LogP contribution in [-0.4, -0.2) is 55.0 Å². The van der Waals surface area contributed by atoms with E-state index in [4.69, 9.17) is 4.74 Å². The van der Waals surface area contributed by atoms with Crippen LogP contribution in [0.25, 0.3) is 10.9 Å². The first-order chi connectivity index (χ1) is 11.7. The molecular formula is C16H18N2O6S. The summed E-state index contributed by atoms with van der Waals surface area (Å²) >= 11 is 0. The number of methoxy groups -OCH3 is 1. The van der Waals surface area contributed by atoms with E-state index in [2.05, 4.69) is 0 Å². The predicted octanol–water partition coefficient (Wildman–Crippen LogP) is 1.08. The number of rotatable bonds is 3. The van der Waals surface area contributed by atoms with Gasteiger partial charge in [0.2, 0.25) is 0 Å². The Morgan fingerprint density at radius 2 is 2.08 bits per heavy atom. The molecule has 1 N–H and O–H groups in total. The molecule has 0 atom stereocenters. The van der Waals surface area contributed by atoms with Gasteiger partial charge in [-0.2, -0.15) is 8.42 Å². The van der Waals surface area contributed by atoms with Gasteiger partial charge >= 0.3 is 5.97 Å². The third-order valence-corrected chi connectivity index (χ3v) is 5.27. The lowest BCUT2D eigenvalue weighted by Crippen LogP contribution is -2.29. The highest BCUT2D eigenvalue weighted by Gasteiger charge is 2.29. The fourth-order valence-electron chi connectivity index (χ4n) is 3.19. The van der Waals surface area contributed by atoms with E-state index in [9.17, 15) is 22.6 Å². The van der Waals surface area contributed by atoms with Gasteiger partial charge in [0.15, 0.2) is 0 Å². The molecule has 0 unspecified atom stereocenters. The third-order valence-electron chi connectivity index (χ3n) is 4.42. The second kappa shape index (κ2) is 6.16. The van der Waals surface area contributed by atoms with E-state index in [0.717, 1.165) is 0 Å². The molecule has 0 aliphatic carbocycles. The Morgan fingerprint density at radius 3 is 2.72 bits per heavy atom. The average molecular weight is 366 g/mol. The maximum absolute atomic E-state index is 12.8. The maximum Gasteiger partial charge on any atom is 0.325 e. The van der Waals surface area contributed by atoms with Gasteiger partial charge in [-0.1, -0.05) is 0 Å². The number of carbonyl (C=O) groups is 2. The molecular weight excluding hydrogens is 348 g/mol. The molecule has 134 valence electrons.